The Hall–Kier alpha value is -3.91. The van der Waals surface area contributed by atoms with Crippen molar-refractivity contribution in [3.63, 3.8) is 0 Å². The van der Waals surface area contributed by atoms with Crippen molar-refractivity contribution in [3.8, 4) is 11.1 Å². The number of hydrogen-bond donors (Lipinski definition) is 1. The van der Waals surface area contributed by atoms with Gasteiger partial charge in [-0.05, 0) is 59.0 Å². The fraction of sp³-hybridized carbons (Fsp3) is 0.0667. The third kappa shape index (κ3) is 2.69. The second-order valence-corrected chi connectivity index (χ2v) is 8.56. The molecule has 5 aromatic rings. The van der Waals surface area contributed by atoms with E-state index in [1.807, 2.05) is 30.3 Å². The fourth-order valence-corrected chi connectivity index (χ4v) is 5.20. The van der Waals surface area contributed by atoms with E-state index in [1.165, 1.54) is 33.9 Å². The van der Waals surface area contributed by atoms with Gasteiger partial charge in [-0.3, -0.25) is 0 Å². The van der Waals surface area contributed by atoms with Gasteiger partial charge in [0.25, 0.3) is 0 Å². The first-order valence-electron chi connectivity index (χ1n) is 10.9. The number of fused-ring (bicyclic) bond motifs is 4. The lowest BCUT2D eigenvalue weighted by Crippen LogP contribution is -2.22. The van der Waals surface area contributed by atoms with E-state index >= 15 is 0 Å². The summed E-state index contributed by atoms with van der Waals surface area (Å²) < 4.78 is 14.3. The summed E-state index contributed by atoms with van der Waals surface area (Å²) in [6.45, 7) is 2.31. The van der Waals surface area contributed by atoms with Crippen LogP contribution >= 0.6 is 0 Å². The molecule has 1 aliphatic carbocycles. The van der Waals surface area contributed by atoms with Gasteiger partial charge in [-0.1, -0.05) is 84.9 Å². The van der Waals surface area contributed by atoms with Gasteiger partial charge in [-0.25, -0.2) is 4.39 Å². The number of rotatable bonds is 3. The van der Waals surface area contributed by atoms with Gasteiger partial charge in [0.1, 0.15) is 5.82 Å². The Morgan fingerprint density at radius 1 is 0.625 bits per heavy atom. The second kappa shape index (κ2) is 7.06. The zero-order chi connectivity index (χ0) is 21.7. The summed E-state index contributed by atoms with van der Waals surface area (Å²) in [6.07, 6.45) is 0. The van der Waals surface area contributed by atoms with E-state index in [-0.39, 0.29) is 11.2 Å². The van der Waals surface area contributed by atoms with Crippen molar-refractivity contribution in [2.24, 2.45) is 0 Å². The molecule has 154 valence electrons. The maximum atomic E-state index is 14.3. The number of anilines is 2. The van der Waals surface area contributed by atoms with Crippen LogP contribution in [0.5, 0.6) is 0 Å². The Balaban J connectivity index is 1.48. The molecule has 0 aromatic heterocycles. The van der Waals surface area contributed by atoms with Gasteiger partial charge in [0.05, 0.1) is 0 Å². The molecule has 0 unspecified atom stereocenters. The Morgan fingerprint density at radius 3 is 1.97 bits per heavy atom. The quantitative estimate of drug-likeness (QED) is 0.314. The van der Waals surface area contributed by atoms with E-state index in [9.17, 15) is 4.39 Å². The van der Waals surface area contributed by atoms with Crippen LogP contribution in [0.25, 0.3) is 21.9 Å². The molecule has 0 heterocycles. The molecule has 0 aliphatic heterocycles. The number of hydrogen-bond acceptors (Lipinski definition) is 1. The molecule has 1 N–H and O–H groups in total. The van der Waals surface area contributed by atoms with E-state index in [1.54, 1.807) is 0 Å². The molecule has 0 saturated carbocycles. The lowest BCUT2D eigenvalue weighted by atomic mass is 9.74. The molecular weight excluding hydrogens is 393 g/mol. The van der Waals surface area contributed by atoms with Crippen molar-refractivity contribution < 1.29 is 4.39 Å². The molecule has 0 radical (unpaired) electrons. The third-order valence-electron chi connectivity index (χ3n) is 6.81. The van der Waals surface area contributed by atoms with Gasteiger partial charge in [-0.2, -0.15) is 0 Å². The Labute approximate surface area is 187 Å². The standard InChI is InChI=1S/C30H22FN/c1-30(26-15-6-4-11-22(26)23-12-5-7-16-27(23)30)20-9-8-10-21(19-20)32-29-18-17-28(31)24-13-2-3-14-25(24)29/h2-19,32H,1H3. The molecule has 0 saturated heterocycles. The molecule has 1 aliphatic rings. The SMILES string of the molecule is CC1(c2cccc(Nc3ccc(F)c4ccccc34)c2)c2ccccc2-c2ccccc21. The van der Waals surface area contributed by atoms with Crippen LogP contribution < -0.4 is 5.32 Å². The van der Waals surface area contributed by atoms with E-state index < -0.39 is 0 Å². The van der Waals surface area contributed by atoms with Crippen molar-refractivity contribution in [1.29, 1.82) is 0 Å². The number of halogens is 1. The predicted octanol–water partition coefficient (Wildman–Crippen LogP) is 8.06. The summed E-state index contributed by atoms with van der Waals surface area (Å²) in [5.41, 5.74) is 8.12. The topological polar surface area (TPSA) is 12.0 Å². The summed E-state index contributed by atoms with van der Waals surface area (Å²) in [5, 5.41) is 5.04. The van der Waals surface area contributed by atoms with Crippen LogP contribution in [0, 0.1) is 5.82 Å². The first kappa shape index (κ1) is 18.8. The van der Waals surface area contributed by atoms with E-state index in [0.29, 0.717) is 5.39 Å². The Morgan fingerprint density at radius 2 is 1.25 bits per heavy atom. The molecule has 0 amide bonds. The molecule has 5 aromatic carbocycles. The highest BCUT2D eigenvalue weighted by atomic mass is 19.1. The number of benzene rings is 5. The first-order chi connectivity index (χ1) is 15.7. The molecule has 6 rings (SSSR count). The van der Waals surface area contributed by atoms with Crippen LogP contribution in [-0.4, -0.2) is 0 Å². The minimum Gasteiger partial charge on any atom is -0.355 e. The molecule has 1 nitrogen and oxygen atoms in total. The van der Waals surface area contributed by atoms with Gasteiger partial charge in [0.15, 0.2) is 0 Å². The van der Waals surface area contributed by atoms with E-state index in [0.717, 1.165) is 16.8 Å². The lowest BCUT2D eigenvalue weighted by molar-refractivity contribution is 0.640. The summed E-state index contributed by atoms with van der Waals surface area (Å²) in [4.78, 5) is 0. The highest BCUT2D eigenvalue weighted by Crippen LogP contribution is 2.52. The molecule has 0 spiro atoms. The highest BCUT2D eigenvalue weighted by molar-refractivity contribution is 5.96. The van der Waals surface area contributed by atoms with Crippen LogP contribution in [0.1, 0.15) is 23.6 Å². The largest absolute Gasteiger partial charge is 0.355 e. The highest BCUT2D eigenvalue weighted by Gasteiger charge is 2.40. The molecule has 0 bridgehead atoms. The smallest absolute Gasteiger partial charge is 0.131 e. The Kier molecular flexibility index (Phi) is 4.16. The fourth-order valence-electron chi connectivity index (χ4n) is 5.20. The van der Waals surface area contributed by atoms with Crippen molar-refractivity contribution in [1.82, 2.24) is 0 Å². The zero-order valence-electron chi connectivity index (χ0n) is 17.8. The second-order valence-electron chi connectivity index (χ2n) is 8.56. The molecule has 32 heavy (non-hydrogen) atoms. The van der Waals surface area contributed by atoms with Crippen LogP contribution in [0.3, 0.4) is 0 Å². The van der Waals surface area contributed by atoms with Gasteiger partial charge in [-0.15, -0.1) is 0 Å². The van der Waals surface area contributed by atoms with Crippen molar-refractivity contribution in [2.75, 3.05) is 5.32 Å². The van der Waals surface area contributed by atoms with E-state index in [4.69, 9.17) is 0 Å². The summed E-state index contributed by atoms with van der Waals surface area (Å²) in [5.74, 6) is -0.202. The van der Waals surface area contributed by atoms with Crippen LogP contribution in [0.4, 0.5) is 15.8 Å². The molecule has 0 fully saturated rings. The first-order valence-corrected chi connectivity index (χ1v) is 10.9. The van der Waals surface area contributed by atoms with Crippen molar-refractivity contribution in [2.45, 2.75) is 12.3 Å². The summed E-state index contributed by atoms with van der Waals surface area (Å²) >= 11 is 0. The lowest BCUT2D eigenvalue weighted by Gasteiger charge is -2.29. The molecule has 0 atom stereocenters. The third-order valence-corrected chi connectivity index (χ3v) is 6.81. The van der Waals surface area contributed by atoms with Gasteiger partial charge < -0.3 is 5.32 Å². The van der Waals surface area contributed by atoms with E-state index in [2.05, 4.69) is 85.0 Å². The zero-order valence-corrected chi connectivity index (χ0v) is 17.8. The number of nitrogens with one attached hydrogen (secondary N) is 1. The normalized spacial score (nSPS) is 13.6. The molecule has 2 heteroatoms. The van der Waals surface area contributed by atoms with Gasteiger partial charge >= 0.3 is 0 Å². The van der Waals surface area contributed by atoms with Crippen LogP contribution in [0.2, 0.25) is 0 Å². The minimum absolute atomic E-state index is 0.202. The molecular formula is C30H22FN. The van der Waals surface area contributed by atoms with Gasteiger partial charge in [0.2, 0.25) is 0 Å². The van der Waals surface area contributed by atoms with Crippen molar-refractivity contribution in [3.05, 3.63) is 132 Å². The van der Waals surface area contributed by atoms with Gasteiger partial charge in [0, 0.05) is 27.6 Å². The predicted molar refractivity (Wildman–Crippen MR) is 131 cm³/mol. The maximum absolute atomic E-state index is 14.3. The minimum atomic E-state index is -0.240. The summed E-state index contributed by atoms with van der Waals surface area (Å²) in [6, 6.07) is 36.9. The average Bonchev–Trinajstić information content (AvgIpc) is 3.11. The van der Waals surface area contributed by atoms with Crippen LogP contribution in [-0.2, 0) is 5.41 Å². The summed E-state index contributed by atoms with van der Waals surface area (Å²) in [7, 11) is 0. The van der Waals surface area contributed by atoms with Crippen LogP contribution in [0.15, 0.2) is 109 Å². The monoisotopic (exact) mass is 415 g/mol. The van der Waals surface area contributed by atoms with Crippen molar-refractivity contribution >= 4 is 22.1 Å². The maximum Gasteiger partial charge on any atom is 0.131 e. The average molecular weight is 416 g/mol. The Bertz CT molecular complexity index is 1440.